The molecule has 0 saturated heterocycles. The second-order valence-electron chi connectivity index (χ2n) is 4.85. The van der Waals surface area contributed by atoms with Gasteiger partial charge >= 0.3 is 0 Å². The Hall–Kier alpha value is -1.58. The molecule has 100 valence electrons. The Morgan fingerprint density at radius 2 is 2.17 bits per heavy atom. The Kier molecular flexibility index (Phi) is 6.19. The number of anilines is 1. The normalized spacial score (nSPS) is 10.4. The minimum absolute atomic E-state index is 0.0599. The number of rotatable bonds is 7. The summed E-state index contributed by atoms with van der Waals surface area (Å²) in [6.45, 7) is 7.89. The van der Waals surface area contributed by atoms with Gasteiger partial charge in [-0.2, -0.15) is 0 Å². The van der Waals surface area contributed by atoms with Crippen molar-refractivity contribution in [2.24, 2.45) is 5.92 Å². The van der Waals surface area contributed by atoms with Gasteiger partial charge in [0, 0.05) is 25.5 Å². The maximum Gasteiger partial charge on any atom is 0.252 e. The number of hydrogen-bond donors (Lipinski definition) is 2. The number of amides is 1. The molecule has 0 aliphatic carbocycles. The summed E-state index contributed by atoms with van der Waals surface area (Å²) in [6, 6.07) is 1.85. The van der Waals surface area contributed by atoms with Gasteiger partial charge in [0.25, 0.3) is 5.91 Å². The molecule has 18 heavy (non-hydrogen) atoms. The van der Waals surface area contributed by atoms with E-state index in [1.165, 1.54) is 0 Å². The molecule has 0 fully saturated rings. The fourth-order valence-electron chi connectivity index (χ4n) is 1.47. The van der Waals surface area contributed by atoms with E-state index in [4.69, 9.17) is 0 Å². The fraction of sp³-hybridized carbons (Fsp3) is 0.571. The molecule has 1 rings (SSSR count). The Morgan fingerprint density at radius 3 is 2.83 bits per heavy atom. The average molecular weight is 249 g/mol. The van der Waals surface area contributed by atoms with Crippen LogP contribution < -0.4 is 10.6 Å². The summed E-state index contributed by atoms with van der Waals surface area (Å²) in [4.78, 5) is 15.9. The van der Waals surface area contributed by atoms with Crippen LogP contribution in [0.5, 0.6) is 0 Å². The van der Waals surface area contributed by atoms with E-state index in [1.54, 1.807) is 12.4 Å². The lowest BCUT2D eigenvalue weighted by molar-refractivity contribution is 0.0948. The van der Waals surface area contributed by atoms with E-state index in [2.05, 4.69) is 36.4 Å². The number of nitrogens with zero attached hydrogens (tertiary/aromatic N) is 1. The molecule has 4 nitrogen and oxygen atoms in total. The first kappa shape index (κ1) is 14.5. The third-order valence-electron chi connectivity index (χ3n) is 2.53. The number of nitrogens with one attached hydrogen (secondary N) is 2. The first-order valence-electron chi connectivity index (χ1n) is 6.60. The van der Waals surface area contributed by atoms with Crippen LogP contribution in [0.2, 0.25) is 0 Å². The summed E-state index contributed by atoms with van der Waals surface area (Å²) in [5.41, 5.74) is 1.51. The number of unbranched alkanes of at least 4 members (excludes halogenated alkanes) is 1. The minimum Gasteiger partial charge on any atom is -0.384 e. The third kappa shape index (κ3) is 5.17. The lowest BCUT2D eigenvalue weighted by atomic mass is 10.2. The van der Waals surface area contributed by atoms with E-state index in [0.717, 1.165) is 25.1 Å². The molecule has 0 atom stereocenters. The third-order valence-corrected chi connectivity index (χ3v) is 2.53. The van der Waals surface area contributed by atoms with E-state index in [-0.39, 0.29) is 5.91 Å². The van der Waals surface area contributed by atoms with Gasteiger partial charge in [-0.15, -0.1) is 0 Å². The van der Waals surface area contributed by atoms with Gasteiger partial charge in [0.1, 0.15) is 0 Å². The number of hydrogen-bond acceptors (Lipinski definition) is 3. The van der Waals surface area contributed by atoms with Crippen LogP contribution in [0.4, 0.5) is 5.69 Å². The standard InChI is InChI=1S/C14H23N3O/c1-4-5-6-16-13-7-12(9-15-10-13)14(18)17-8-11(2)3/h7,9-11,16H,4-6,8H2,1-3H3,(H,17,18). The van der Waals surface area contributed by atoms with Gasteiger partial charge in [0.05, 0.1) is 11.3 Å². The van der Waals surface area contributed by atoms with Gasteiger partial charge in [-0.1, -0.05) is 27.2 Å². The maximum absolute atomic E-state index is 11.9. The Bertz CT molecular complexity index is 377. The number of aromatic nitrogens is 1. The van der Waals surface area contributed by atoms with Crippen LogP contribution in [0.3, 0.4) is 0 Å². The monoisotopic (exact) mass is 249 g/mol. The van der Waals surface area contributed by atoms with Crippen molar-refractivity contribution in [2.75, 3.05) is 18.4 Å². The minimum atomic E-state index is -0.0599. The fourth-order valence-corrected chi connectivity index (χ4v) is 1.47. The molecule has 1 aromatic heterocycles. The average Bonchev–Trinajstić information content (AvgIpc) is 2.36. The zero-order valence-corrected chi connectivity index (χ0v) is 11.5. The van der Waals surface area contributed by atoms with Crippen molar-refractivity contribution in [3.8, 4) is 0 Å². The zero-order valence-electron chi connectivity index (χ0n) is 11.5. The lowest BCUT2D eigenvalue weighted by Crippen LogP contribution is -2.27. The molecule has 1 amide bonds. The number of pyridine rings is 1. The van der Waals surface area contributed by atoms with Crippen molar-refractivity contribution >= 4 is 11.6 Å². The number of carbonyl (C=O) groups is 1. The van der Waals surface area contributed by atoms with Crippen molar-refractivity contribution in [3.63, 3.8) is 0 Å². The van der Waals surface area contributed by atoms with Crippen molar-refractivity contribution < 1.29 is 4.79 Å². The highest BCUT2D eigenvalue weighted by atomic mass is 16.1. The molecule has 0 spiro atoms. The van der Waals surface area contributed by atoms with Gasteiger partial charge in [-0.3, -0.25) is 9.78 Å². The van der Waals surface area contributed by atoms with Gasteiger partial charge in [-0.05, 0) is 18.4 Å². The molecule has 2 N–H and O–H groups in total. The molecule has 1 heterocycles. The number of carbonyl (C=O) groups excluding carboxylic acids is 1. The Labute approximate surface area is 109 Å². The summed E-state index contributed by atoms with van der Waals surface area (Å²) < 4.78 is 0. The second-order valence-corrected chi connectivity index (χ2v) is 4.85. The Morgan fingerprint density at radius 1 is 1.39 bits per heavy atom. The first-order valence-corrected chi connectivity index (χ1v) is 6.60. The zero-order chi connectivity index (χ0) is 13.4. The van der Waals surface area contributed by atoms with E-state index in [1.807, 2.05) is 6.07 Å². The summed E-state index contributed by atoms with van der Waals surface area (Å²) in [5.74, 6) is 0.392. The molecule has 4 heteroatoms. The summed E-state index contributed by atoms with van der Waals surface area (Å²) in [7, 11) is 0. The highest BCUT2D eigenvalue weighted by molar-refractivity contribution is 5.94. The van der Waals surface area contributed by atoms with E-state index in [9.17, 15) is 4.79 Å². The van der Waals surface area contributed by atoms with Crippen LogP contribution in [-0.2, 0) is 0 Å². The molecule has 0 aliphatic heterocycles. The molecule has 0 bridgehead atoms. The molecular weight excluding hydrogens is 226 g/mol. The van der Waals surface area contributed by atoms with Crippen LogP contribution in [0.15, 0.2) is 18.5 Å². The molecule has 0 unspecified atom stereocenters. The van der Waals surface area contributed by atoms with Gasteiger partial charge in [0.2, 0.25) is 0 Å². The molecule has 0 aromatic carbocycles. The summed E-state index contributed by atoms with van der Waals surface area (Å²) >= 11 is 0. The van der Waals surface area contributed by atoms with Crippen molar-refractivity contribution in [2.45, 2.75) is 33.6 Å². The lowest BCUT2D eigenvalue weighted by Gasteiger charge is -2.09. The first-order chi connectivity index (χ1) is 8.63. The topological polar surface area (TPSA) is 54.0 Å². The van der Waals surface area contributed by atoms with Crippen LogP contribution >= 0.6 is 0 Å². The summed E-state index contributed by atoms with van der Waals surface area (Å²) in [5, 5.41) is 6.15. The predicted octanol–water partition coefficient (Wildman–Crippen LogP) is 2.68. The van der Waals surface area contributed by atoms with E-state index >= 15 is 0 Å². The predicted molar refractivity (Wildman–Crippen MR) is 74.8 cm³/mol. The van der Waals surface area contributed by atoms with Gasteiger partial charge in [-0.25, -0.2) is 0 Å². The van der Waals surface area contributed by atoms with E-state index < -0.39 is 0 Å². The highest BCUT2D eigenvalue weighted by Crippen LogP contribution is 2.08. The summed E-state index contributed by atoms with van der Waals surface area (Å²) in [6.07, 6.45) is 5.61. The molecule has 1 aromatic rings. The quantitative estimate of drug-likeness (QED) is 0.730. The Balaban J connectivity index is 2.55. The van der Waals surface area contributed by atoms with E-state index in [0.29, 0.717) is 18.0 Å². The van der Waals surface area contributed by atoms with Crippen LogP contribution in [0.1, 0.15) is 44.0 Å². The van der Waals surface area contributed by atoms with Gasteiger partial charge < -0.3 is 10.6 Å². The van der Waals surface area contributed by atoms with Crippen molar-refractivity contribution in [1.82, 2.24) is 10.3 Å². The molecule has 0 aliphatic rings. The van der Waals surface area contributed by atoms with Crippen LogP contribution in [0, 0.1) is 5.92 Å². The molecule has 0 saturated carbocycles. The van der Waals surface area contributed by atoms with Crippen molar-refractivity contribution in [3.05, 3.63) is 24.0 Å². The molecular formula is C14H23N3O. The SMILES string of the molecule is CCCCNc1cncc(C(=O)NCC(C)C)c1. The van der Waals surface area contributed by atoms with Crippen molar-refractivity contribution in [1.29, 1.82) is 0 Å². The van der Waals surface area contributed by atoms with Crippen LogP contribution in [-0.4, -0.2) is 24.0 Å². The van der Waals surface area contributed by atoms with Crippen LogP contribution in [0.25, 0.3) is 0 Å². The van der Waals surface area contributed by atoms with Gasteiger partial charge in [0.15, 0.2) is 0 Å². The molecule has 0 radical (unpaired) electrons. The highest BCUT2D eigenvalue weighted by Gasteiger charge is 2.07. The second kappa shape index (κ2) is 7.69. The smallest absolute Gasteiger partial charge is 0.252 e. The maximum atomic E-state index is 11.9. The largest absolute Gasteiger partial charge is 0.384 e.